The molecule has 0 heterocycles. The number of carbonyl (C=O) groups is 2. The van der Waals surface area contributed by atoms with Gasteiger partial charge >= 0.3 is 5.97 Å². The standard InChI is InChI=1S/C18H19NO3/c1-12-4-5-13(2)15(10-12)11-17(20)19-16-8-6-14(7-9-16)18(21)22-3/h4-10H,11H2,1-3H3,(H,19,20). The van der Waals surface area contributed by atoms with E-state index in [0.717, 1.165) is 16.7 Å². The Kier molecular flexibility index (Phi) is 4.94. The maximum atomic E-state index is 12.1. The third-order valence-electron chi connectivity index (χ3n) is 3.45. The molecule has 0 fully saturated rings. The van der Waals surface area contributed by atoms with E-state index in [1.54, 1.807) is 24.3 Å². The minimum Gasteiger partial charge on any atom is -0.465 e. The van der Waals surface area contributed by atoms with E-state index in [0.29, 0.717) is 17.7 Å². The van der Waals surface area contributed by atoms with Gasteiger partial charge in [0.05, 0.1) is 19.1 Å². The molecule has 1 N–H and O–H groups in total. The molecule has 0 saturated carbocycles. The molecule has 2 rings (SSSR count). The smallest absolute Gasteiger partial charge is 0.337 e. The normalized spacial score (nSPS) is 10.1. The summed E-state index contributed by atoms with van der Waals surface area (Å²) in [7, 11) is 1.34. The first-order valence-corrected chi connectivity index (χ1v) is 7.04. The highest BCUT2D eigenvalue weighted by atomic mass is 16.5. The number of hydrogen-bond donors (Lipinski definition) is 1. The van der Waals surface area contributed by atoms with Crippen LogP contribution in [0.2, 0.25) is 0 Å². The van der Waals surface area contributed by atoms with Crippen molar-refractivity contribution in [1.82, 2.24) is 0 Å². The molecule has 4 heteroatoms. The zero-order chi connectivity index (χ0) is 16.1. The first-order valence-electron chi connectivity index (χ1n) is 7.04. The van der Waals surface area contributed by atoms with Crippen molar-refractivity contribution in [3.63, 3.8) is 0 Å². The first kappa shape index (κ1) is 15.8. The number of esters is 1. The molecule has 0 aliphatic heterocycles. The summed E-state index contributed by atoms with van der Waals surface area (Å²) in [6.07, 6.45) is 0.326. The van der Waals surface area contributed by atoms with Crippen molar-refractivity contribution in [3.8, 4) is 0 Å². The molecule has 0 saturated heterocycles. The zero-order valence-corrected chi connectivity index (χ0v) is 13.0. The average molecular weight is 297 g/mol. The Hall–Kier alpha value is -2.62. The quantitative estimate of drug-likeness (QED) is 0.881. The molecule has 0 spiro atoms. The lowest BCUT2D eigenvalue weighted by atomic mass is 10.0. The van der Waals surface area contributed by atoms with Crippen LogP contribution in [0.3, 0.4) is 0 Å². The summed E-state index contributed by atoms with van der Waals surface area (Å²) in [5, 5.41) is 2.83. The summed E-state index contributed by atoms with van der Waals surface area (Å²) in [5.74, 6) is -0.479. The van der Waals surface area contributed by atoms with Gasteiger partial charge in [0.25, 0.3) is 0 Å². The summed E-state index contributed by atoms with van der Waals surface area (Å²) in [6.45, 7) is 4.00. The van der Waals surface area contributed by atoms with Gasteiger partial charge in [0.2, 0.25) is 5.91 Å². The topological polar surface area (TPSA) is 55.4 Å². The van der Waals surface area contributed by atoms with Crippen molar-refractivity contribution < 1.29 is 14.3 Å². The Morgan fingerprint density at radius 1 is 1.05 bits per heavy atom. The summed E-state index contributed by atoms with van der Waals surface area (Å²) in [4.78, 5) is 23.5. The molecule has 114 valence electrons. The minimum atomic E-state index is -0.395. The Morgan fingerprint density at radius 2 is 1.73 bits per heavy atom. The molecule has 2 aromatic rings. The monoisotopic (exact) mass is 297 g/mol. The van der Waals surface area contributed by atoms with Gasteiger partial charge in [-0.05, 0) is 49.2 Å². The Bertz CT molecular complexity index is 690. The molecule has 0 aliphatic carbocycles. The third-order valence-corrected chi connectivity index (χ3v) is 3.45. The molecule has 2 aromatic carbocycles. The van der Waals surface area contributed by atoms with E-state index >= 15 is 0 Å². The molecular formula is C18H19NO3. The highest BCUT2D eigenvalue weighted by Gasteiger charge is 2.08. The van der Waals surface area contributed by atoms with Crippen LogP contribution in [0.1, 0.15) is 27.0 Å². The summed E-state index contributed by atoms with van der Waals surface area (Å²) in [6, 6.07) is 12.7. The molecule has 1 amide bonds. The molecule has 0 atom stereocenters. The number of amides is 1. The van der Waals surface area contributed by atoms with Gasteiger partial charge in [-0.2, -0.15) is 0 Å². The summed E-state index contributed by atoms with van der Waals surface area (Å²) in [5.41, 5.74) is 4.36. The Balaban J connectivity index is 2.03. The highest BCUT2D eigenvalue weighted by molar-refractivity contribution is 5.94. The van der Waals surface area contributed by atoms with E-state index in [4.69, 9.17) is 0 Å². The van der Waals surface area contributed by atoms with E-state index in [1.165, 1.54) is 7.11 Å². The van der Waals surface area contributed by atoms with Crippen molar-refractivity contribution in [3.05, 3.63) is 64.7 Å². The Morgan fingerprint density at radius 3 is 2.36 bits per heavy atom. The average Bonchev–Trinajstić information content (AvgIpc) is 2.51. The lowest BCUT2D eigenvalue weighted by Gasteiger charge is -2.09. The first-order chi connectivity index (χ1) is 10.5. The van der Waals surface area contributed by atoms with Gasteiger partial charge in [-0.1, -0.05) is 23.8 Å². The zero-order valence-electron chi connectivity index (χ0n) is 13.0. The number of aryl methyl sites for hydroxylation is 2. The van der Waals surface area contributed by atoms with Crippen LogP contribution in [0.5, 0.6) is 0 Å². The number of carbonyl (C=O) groups excluding carboxylic acids is 2. The van der Waals surface area contributed by atoms with Crippen LogP contribution in [0, 0.1) is 13.8 Å². The largest absolute Gasteiger partial charge is 0.465 e. The number of methoxy groups -OCH3 is 1. The Labute approximate surface area is 130 Å². The number of rotatable bonds is 4. The number of nitrogens with one attached hydrogen (secondary N) is 1. The molecule has 0 aliphatic rings. The van der Waals surface area contributed by atoms with Crippen LogP contribution in [0.25, 0.3) is 0 Å². The van der Waals surface area contributed by atoms with Crippen molar-refractivity contribution in [2.75, 3.05) is 12.4 Å². The maximum Gasteiger partial charge on any atom is 0.337 e. The molecule has 22 heavy (non-hydrogen) atoms. The van der Waals surface area contributed by atoms with E-state index in [-0.39, 0.29) is 5.91 Å². The fourth-order valence-corrected chi connectivity index (χ4v) is 2.18. The lowest BCUT2D eigenvalue weighted by Crippen LogP contribution is -2.15. The van der Waals surface area contributed by atoms with Crippen LogP contribution in [-0.2, 0) is 16.0 Å². The maximum absolute atomic E-state index is 12.1. The van der Waals surface area contributed by atoms with Gasteiger partial charge in [0.1, 0.15) is 0 Å². The molecule has 0 unspecified atom stereocenters. The lowest BCUT2D eigenvalue weighted by molar-refractivity contribution is -0.115. The van der Waals surface area contributed by atoms with Crippen LogP contribution < -0.4 is 5.32 Å². The predicted molar refractivity (Wildman–Crippen MR) is 86.0 cm³/mol. The number of anilines is 1. The van der Waals surface area contributed by atoms with Crippen molar-refractivity contribution in [2.45, 2.75) is 20.3 Å². The highest BCUT2D eigenvalue weighted by Crippen LogP contribution is 2.14. The van der Waals surface area contributed by atoms with Crippen molar-refractivity contribution in [1.29, 1.82) is 0 Å². The van der Waals surface area contributed by atoms with Gasteiger partial charge in [-0.3, -0.25) is 4.79 Å². The van der Waals surface area contributed by atoms with E-state index in [2.05, 4.69) is 10.1 Å². The molecule has 0 radical (unpaired) electrons. The third kappa shape index (κ3) is 3.95. The van der Waals surface area contributed by atoms with Crippen LogP contribution in [-0.4, -0.2) is 19.0 Å². The van der Waals surface area contributed by atoms with Gasteiger partial charge in [-0.25, -0.2) is 4.79 Å². The van der Waals surface area contributed by atoms with Crippen molar-refractivity contribution >= 4 is 17.6 Å². The summed E-state index contributed by atoms with van der Waals surface area (Å²) >= 11 is 0. The van der Waals surface area contributed by atoms with Crippen LogP contribution >= 0.6 is 0 Å². The molecule has 0 bridgehead atoms. The fourth-order valence-electron chi connectivity index (χ4n) is 2.18. The molecular weight excluding hydrogens is 278 g/mol. The van der Waals surface area contributed by atoms with Gasteiger partial charge in [-0.15, -0.1) is 0 Å². The number of ether oxygens (including phenoxy) is 1. The van der Waals surface area contributed by atoms with Gasteiger partial charge < -0.3 is 10.1 Å². The minimum absolute atomic E-state index is 0.0838. The second-order valence-electron chi connectivity index (χ2n) is 5.22. The van der Waals surface area contributed by atoms with E-state index < -0.39 is 5.97 Å². The second-order valence-corrected chi connectivity index (χ2v) is 5.22. The van der Waals surface area contributed by atoms with Gasteiger partial charge in [0.15, 0.2) is 0 Å². The molecule has 4 nitrogen and oxygen atoms in total. The van der Waals surface area contributed by atoms with Crippen LogP contribution in [0.15, 0.2) is 42.5 Å². The fraction of sp³-hybridized carbons (Fsp3) is 0.222. The van der Waals surface area contributed by atoms with Gasteiger partial charge in [0, 0.05) is 5.69 Å². The number of benzene rings is 2. The number of hydrogen-bond acceptors (Lipinski definition) is 3. The van der Waals surface area contributed by atoms with E-state index in [1.807, 2.05) is 32.0 Å². The SMILES string of the molecule is COC(=O)c1ccc(NC(=O)Cc2cc(C)ccc2C)cc1. The van der Waals surface area contributed by atoms with Crippen LogP contribution in [0.4, 0.5) is 5.69 Å². The summed E-state index contributed by atoms with van der Waals surface area (Å²) < 4.78 is 4.63. The van der Waals surface area contributed by atoms with Crippen molar-refractivity contribution in [2.24, 2.45) is 0 Å². The van der Waals surface area contributed by atoms with E-state index in [9.17, 15) is 9.59 Å². The second kappa shape index (κ2) is 6.89. The molecule has 0 aromatic heterocycles. The predicted octanol–water partition coefficient (Wildman–Crippen LogP) is 3.27.